The molecule has 0 bridgehead atoms. The zero-order valence-electron chi connectivity index (χ0n) is 10.5. The summed E-state index contributed by atoms with van der Waals surface area (Å²) >= 11 is 4.69. The van der Waals surface area contributed by atoms with Crippen LogP contribution in [0.15, 0.2) is 24.3 Å². The van der Waals surface area contributed by atoms with Crippen molar-refractivity contribution in [1.82, 2.24) is 4.72 Å². The molecule has 0 heterocycles. The van der Waals surface area contributed by atoms with Gasteiger partial charge in [-0.25, -0.2) is 0 Å². The smallest absolute Gasteiger partial charge is 0.299 e. The Hall–Kier alpha value is -1.38. The van der Waals surface area contributed by atoms with Crippen molar-refractivity contribution in [3.63, 3.8) is 0 Å². The van der Waals surface area contributed by atoms with E-state index in [0.717, 1.165) is 6.42 Å². The number of benzene rings is 1. The summed E-state index contributed by atoms with van der Waals surface area (Å²) in [5.74, 6) is 0.489. The molecule has 0 fully saturated rings. The van der Waals surface area contributed by atoms with E-state index >= 15 is 0 Å². The van der Waals surface area contributed by atoms with Crippen LogP contribution in [0.3, 0.4) is 0 Å². The summed E-state index contributed by atoms with van der Waals surface area (Å²) < 4.78 is 33.4. The first kappa shape index (κ1) is 15.7. The minimum absolute atomic E-state index is 0.111. The third-order valence-electron chi connectivity index (χ3n) is 2.01. The topological polar surface area (TPSA) is 93.5 Å². The van der Waals surface area contributed by atoms with E-state index in [1.165, 1.54) is 0 Å². The minimum Gasteiger partial charge on any atom is -0.486 e. The number of ether oxygens (including phenoxy) is 1. The third-order valence-corrected chi connectivity index (χ3v) is 3.22. The number of hydrogen-bond acceptors (Lipinski definition) is 4. The van der Waals surface area contributed by atoms with Crippen molar-refractivity contribution >= 4 is 33.1 Å². The van der Waals surface area contributed by atoms with Crippen LogP contribution >= 0.6 is 12.2 Å². The SMILES string of the molecule is CCCNS(=O)(=O)Nc1cccc(OCC(N)=S)c1. The lowest BCUT2D eigenvalue weighted by atomic mass is 10.3. The Morgan fingerprint density at radius 3 is 2.84 bits per heavy atom. The van der Waals surface area contributed by atoms with Crippen LogP contribution in [-0.4, -0.2) is 26.6 Å². The van der Waals surface area contributed by atoms with Gasteiger partial charge in [-0.3, -0.25) is 4.72 Å². The summed E-state index contributed by atoms with van der Waals surface area (Å²) in [5.41, 5.74) is 5.73. The van der Waals surface area contributed by atoms with Gasteiger partial charge >= 0.3 is 0 Å². The fourth-order valence-electron chi connectivity index (χ4n) is 1.23. The molecule has 0 aliphatic heterocycles. The summed E-state index contributed by atoms with van der Waals surface area (Å²) in [6.45, 7) is 2.37. The van der Waals surface area contributed by atoms with Crippen molar-refractivity contribution in [3.8, 4) is 5.75 Å². The molecule has 1 rings (SSSR count). The van der Waals surface area contributed by atoms with Crippen LogP contribution in [0.4, 0.5) is 5.69 Å². The quantitative estimate of drug-likeness (QED) is 0.623. The maximum atomic E-state index is 11.6. The highest BCUT2D eigenvalue weighted by molar-refractivity contribution is 7.90. The fourth-order valence-corrected chi connectivity index (χ4v) is 2.27. The van der Waals surface area contributed by atoms with Crippen LogP contribution in [0.5, 0.6) is 5.75 Å². The van der Waals surface area contributed by atoms with Crippen molar-refractivity contribution in [2.75, 3.05) is 17.9 Å². The first-order chi connectivity index (χ1) is 8.93. The van der Waals surface area contributed by atoms with E-state index in [-0.39, 0.29) is 11.6 Å². The molecule has 0 spiro atoms. The maximum Gasteiger partial charge on any atom is 0.299 e. The molecule has 0 amide bonds. The molecule has 8 heteroatoms. The van der Waals surface area contributed by atoms with Gasteiger partial charge in [0.05, 0.1) is 5.69 Å². The van der Waals surface area contributed by atoms with Gasteiger partial charge in [0.2, 0.25) is 0 Å². The lowest BCUT2D eigenvalue weighted by molar-refractivity contribution is 0.378. The molecule has 1 aromatic carbocycles. The number of nitrogens with one attached hydrogen (secondary N) is 2. The highest BCUT2D eigenvalue weighted by Crippen LogP contribution is 2.17. The van der Waals surface area contributed by atoms with Crippen molar-refractivity contribution < 1.29 is 13.2 Å². The number of anilines is 1. The molecule has 4 N–H and O–H groups in total. The average Bonchev–Trinajstić information content (AvgIpc) is 2.34. The van der Waals surface area contributed by atoms with Crippen LogP contribution in [0, 0.1) is 0 Å². The van der Waals surface area contributed by atoms with E-state index in [1.54, 1.807) is 24.3 Å². The number of hydrogen-bond donors (Lipinski definition) is 3. The van der Waals surface area contributed by atoms with E-state index in [2.05, 4.69) is 9.44 Å². The summed E-state index contributed by atoms with van der Waals surface area (Å²) in [5, 5.41) is 0. The van der Waals surface area contributed by atoms with Crippen molar-refractivity contribution in [2.45, 2.75) is 13.3 Å². The van der Waals surface area contributed by atoms with Crippen LogP contribution in [0.2, 0.25) is 0 Å². The Labute approximate surface area is 118 Å². The van der Waals surface area contributed by atoms with E-state index in [0.29, 0.717) is 18.0 Å². The highest BCUT2D eigenvalue weighted by Gasteiger charge is 2.08. The molecule has 0 radical (unpaired) electrons. The summed E-state index contributed by atoms with van der Waals surface area (Å²) in [4.78, 5) is 0.232. The van der Waals surface area contributed by atoms with Gasteiger partial charge in [0, 0.05) is 12.6 Å². The third kappa shape index (κ3) is 6.37. The Kier molecular flexibility index (Phi) is 6.00. The number of thiocarbonyl (C=S) groups is 1. The predicted molar refractivity (Wildman–Crippen MR) is 79.6 cm³/mol. The Bertz CT molecular complexity index is 532. The molecule has 0 aliphatic carbocycles. The standard InChI is InChI=1S/C11H17N3O3S2/c1-2-6-13-19(15,16)14-9-4-3-5-10(7-9)17-8-11(12)18/h3-5,7,13-14H,2,6,8H2,1H3,(H2,12,18). The normalized spacial score (nSPS) is 11.0. The maximum absolute atomic E-state index is 11.6. The van der Waals surface area contributed by atoms with Crippen molar-refractivity contribution in [3.05, 3.63) is 24.3 Å². The molecule has 1 aromatic rings. The molecule has 0 aliphatic rings. The minimum atomic E-state index is -3.55. The second-order valence-electron chi connectivity index (χ2n) is 3.78. The summed E-state index contributed by atoms with van der Waals surface area (Å²) in [6.07, 6.45) is 0.720. The molecule has 0 aromatic heterocycles. The lowest BCUT2D eigenvalue weighted by Crippen LogP contribution is -2.30. The summed E-state index contributed by atoms with van der Waals surface area (Å²) in [7, 11) is -3.55. The molecular weight excluding hydrogens is 286 g/mol. The first-order valence-corrected chi connectivity index (χ1v) is 7.60. The molecular formula is C11H17N3O3S2. The zero-order valence-corrected chi connectivity index (χ0v) is 12.2. The molecule has 0 saturated heterocycles. The van der Waals surface area contributed by atoms with Crippen molar-refractivity contribution in [1.29, 1.82) is 0 Å². The first-order valence-electron chi connectivity index (χ1n) is 5.71. The molecule has 19 heavy (non-hydrogen) atoms. The molecule has 0 saturated carbocycles. The van der Waals surface area contributed by atoms with Crippen molar-refractivity contribution in [2.24, 2.45) is 5.73 Å². The predicted octanol–water partition coefficient (Wildman–Crippen LogP) is 1.01. The van der Waals surface area contributed by atoms with Gasteiger partial charge in [0.15, 0.2) is 0 Å². The summed E-state index contributed by atoms with van der Waals surface area (Å²) in [6, 6.07) is 6.55. The number of nitrogens with two attached hydrogens (primary N) is 1. The van der Waals surface area contributed by atoms with Gasteiger partial charge in [0.25, 0.3) is 10.2 Å². The Morgan fingerprint density at radius 1 is 1.47 bits per heavy atom. The second kappa shape index (κ2) is 7.27. The zero-order chi connectivity index (χ0) is 14.3. The molecule has 106 valence electrons. The lowest BCUT2D eigenvalue weighted by Gasteiger charge is -2.10. The van der Waals surface area contributed by atoms with E-state index in [4.69, 9.17) is 22.7 Å². The Morgan fingerprint density at radius 2 is 2.21 bits per heavy atom. The molecule has 0 atom stereocenters. The van der Waals surface area contributed by atoms with E-state index < -0.39 is 10.2 Å². The van der Waals surface area contributed by atoms with Gasteiger partial charge in [-0.15, -0.1) is 0 Å². The van der Waals surface area contributed by atoms with Gasteiger partial charge in [-0.1, -0.05) is 25.2 Å². The van der Waals surface area contributed by atoms with Crippen LogP contribution in [0.1, 0.15) is 13.3 Å². The van der Waals surface area contributed by atoms with Gasteiger partial charge in [0.1, 0.15) is 17.3 Å². The van der Waals surface area contributed by atoms with Gasteiger partial charge < -0.3 is 10.5 Å². The average molecular weight is 303 g/mol. The van der Waals surface area contributed by atoms with Gasteiger partial charge in [-0.05, 0) is 18.6 Å². The van der Waals surface area contributed by atoms with E-state index in [9.17, 15) is 8.42 Å². The van der Waals surface area contributed by atoms with Crippen LogP contribution in [0.25, 0.3) is 0 Å². The fraction of sp³-hybridized carbons (Fsp3) is 0.364. The Balaban J connectivity index is 2.68. The molecule has 6 nitrogen and oxygen atoms in total. The monoisotopic (exact) mass is 303 g/mol. The highest BCUT2D eigenvalue weighted by atomic mass is 32.2. The molecule has 0 unspecified atom stereocenters. The number of rotatable bonds is 8. The second-order valence-corrected chi connectivity index (χ2v) is 5.81. The van der Waals surface area contributed by atoms with E-state index in [1.807, 2.05) is 6.92 Å². The largest absolute Gasteiger partial charge is 0.486 e. The van der Waals surface area contributed by atoms with Gasteiger partial charge in [-0.2, -0.15) is 13.1 Å². The van der Waals surface area contributed by atoms with Crippen LogP contribution in [-0.2, 0) is 10.2 Å². The van der Waals surface area contributed by atoms with Crippen LogP contribution < -0.4 is 19.9 Å².